The van der Waals surface area contributed by atoms with Gasteiger partial charge in [-0.2, -0.15) is 0 Å². The largest absolute Gasteiger partial charge is 0.469 e. The smallest absolute Gasteiger partial charge is 0.103 e. The highest BCUT2D eigenvalue weighted by atomic mass is 16.3. The van der Waals surface area contributed by atoms with Crippen LogP contribution in [0.3, 0.4) is 0 Å². The van der Waals surface area contributed by atoms with Crippen LogP contribution in [0.4, 0.5) is 5.69 Å². The third-order valence-electron chi connectivity index (χ3n) is 3.34. The number of anilines is 1. The third-order valence-corrected chi connectivity index (χ3v) is 3.34. The van der Waals surface area contributed by atoms with Gasteiger partial charge < -0.3 is 9.73 Å². The number of nitrogens with one attached hydrogen (secondary N) is 1. The summed E-state index contributed by atoms with van der Waals surface area (Å²) in [5.41, 5.74) is 2.69. The SMILES string of the molecule is CCCc1ccccc1NC(C)CCc1ccco1. The zero-order chi connectivity index (χ0) is 13.5. The number of hydrogen-bond donors (Lipinski definition) is 1. The molecular weight excluding hydrogens is 234 g/mol. The molecule has 0 fully saturated rings. The highest BCUT2D eigenvalue weighted by molar-refractivity contribution is 5.51. The molecule has 0 aliphatic rings. The first-order valence-electron chi connectivity index (χ1n) is 7.16. The van der Waals surface area contributed by atoms with E-state index >= 15 is 0 Å². The van der Waals surface area contributed by atoms with Gasteiger partial charge in [-0.15, -0.1) is 0 Å². The lowest BCUT2D eigenvalue weighted by Gasteiger charge is -2.17. The van der Waals surface area contributed by atoms with Crippen molar-refractivity contribution in [3.63, 3.8) is 0 Å². The van der Waals surface area contributed by atoms with Crippen LogP contribution >= 0.6 is 0 Å². The maximum atomic E-state index is 5.37. The van der Waals surface area contributed by atoms with Gasteiger partial charge in [0.25, 0.3) is 0 Å². The molecule has 1 atom stereocenters. The zero-order valence-electron chi connectivity index (χ0n) is 11.9. The Hall–Kier alpha value is -1.70. The van der Waals surface area contributed by atoms with Gasteiger partial charge >= 0.3 is 0 Å². The summed E-state index contributed by atoms with van der Waals surface area (Å²) in [6.45, 7) is 4.45. The van der Waals surface area contributed by atoms with Crippen molar-refractivity contribution in [2.45, 2.75) is 45.6 Å². The number of benzene rings is 1. The molecule has 0 radical (unpaired) electrons. The summed E-state index contributed by atoms with van der Waals surface area (Å²) in [7, 11) is 0. The molecule has 1 unspecified atom stereocenters. The first-order chi connectivity index (χ1) is 9.29. The Balaban J connectivity index is 1.89. The second kappa shape index (κ2) is 7.03. The Kier molecular flexibility index (Phi) is 5.08. The van der Waals surface area contributed by atoms with Crippen LogP contribution in [0.5, 0.6) is 0 Å². The van der Waals surface area contributed by atoms with Crippen molar-refractivity contribution in [1.29, 1.82) is 0 Å². The molecule has 1 heterocycles. The molecule has 0 spiro atoms. The Bertz CT molecular complexity index is 476. The lowest BCUT2D eigenvalue weighted by molar-refractivity contribution is 0.495. The number of hydrogen-bond acceptors (Lipinski definition) is 2. The lowest BCUT2D eigenvalue weighted by Crippen LogP contribution is -2.17. The molecule has 0 aliphatic carbocycles. The second-order valence-electron chi connectivity index (χ2n) is 5.07. The van der Waals surface area contributed by atoms with Crippen LogP contribution in [0.15, 0.2) is 47.1 Å². The predicted molar refractivity (Wildman–Crippen MR) is 80.6 cm³/mol. The van der Waals surface area contributed by atoms with Gasteiger partial charge in [-0.05, 0) is 43.5 Å². The van der Waals surface area contributed by atoms with Crippen LogP contribution < -0.4 is 5.32 Å². The van der Waals surface area contributed by atoms with Gasteiger partial charge in [0, 0.05) is 18.2 Å². The van der Waals surface area contributed by atoms with E-state index in [-0.39, 0.29) is 0 Å². The summed E-state index contributed by atoms with van der Waals surface area (Å²) < 4.78 is 5.37. The van der Waals surface area contributed by atoms with Crippen LogP contribution in [0.2, 0.25) is 0 Å². The maximum Gasteiger partial charge on any atom is 0.103 e. The van der Waals surface area contributed by atoms with E-state index < -0.39 is 0 Å². The van der Waals surface area contributed by atoms with Gasteiger partial charge in [0.2, 0.25) is 0 Å². The fourth-order valence-electron chi connectivity index (χ4n) is 2.30. The van der Waals surface area contributed by atoms with Crippen molar-refractivity contribution < 1.29 is 4.42 Å². The van der Waals surface area contributed by atoms with E-state index in [0.717, 1.165) is 25.0 Å². The van der Waals surface area contributed by atoms with Gasteiger partial charge in [0.15, 0.2) is 0 Å². The molecule has 1 aromatic heterocycles. The molecule has 0 amide bonds. The van der Waals surface area contributed by atoms with Gasteiger partial charge in [-0.3, -0.25) is 0 Å². The summed E-state index contributed by atoms with van der Waals surface area (Å²) in [6, 6.07) is 13.0. The average Bonchev–Trinajstić information content (AvgIpc) is 2.92. The van der Waals surface area contributed by atoms with E-state index in [1.54, 1.807) is 6.26 Å². The Labute approximate surface area is 115 Å². The molecule has 0 bridgehead atoms. The minimum Gasteiger partial charge on any atom is -0.469 e. The number of rotatable bonds is 7. The Morgan fingerprint density at radius 3 is 2.68 bits per heavy atom. The summed E-state index contributed by atoms with van der Waals surface area (Å²) in [5.74, 6) is 1.07. The number of para-hydroxylation sites is 1. The van der Waals surface area contributed by atoms with Gasteiger partial charge in [0.1, 0.15) is 5.76 Å². The van der Waals surface area contributed by atoms with Crippen LogP contribution in [0.25, 0.3) is 0 Å². The molecule has 2 rings (SSSR count). The third kappa shape index (κ3) is 4.16. The van der Waals surface area contributed by atoms with E-state index in [2.05, 4.69) is 43.4 Å². The minimum absolute atomic E-state index is 0.447. The Morgan fingerprint density at radius 1 is 1.11 bits per heavy atom. The van der Waals surface area contributed by atoms with E-state index in [0.29, 0.717) is 6.04 Å². The van der Waals surface area contributed by atoms with Gasteiger partial charge in [-0.25, -0.2) is 0 Å². The fraction of sp³-hybridized carbons (Fsp3) is 0.412. The molecule has 102 valence electrons. The van der Waals surface area contributed by atoms with Crippen molar-refractivity contribution in [1.82, 2.24) is 0 Å². The molecule has 1 N–H and O–H groups in total. The highest BCUT2D eigenvalue weighted by Crippen LogP contribution is 2.19. The fourth-order valence-corrected chi connectivity index (χ4v) is 2.30. The second-order valence-corrected chi connectivity index (χ2v) is 5.07. The standard InChI is InChI=1S/C17H23NO/c1-3-7-15-8-4-5-10-17(15)18-14(2)11-12-16-9-6-13-19-16/h4-6,8-10,13-14,18H,3,7,11-12H2,1-2H3. The molecule has 1 aromatic carbocycles. The van der Waals surface area contributed by atoms with E-state index in [9.17, 15) is 0 Å². The molecule has 0 saturated carbocycles. The zero-order valence-corrected chi connectivity index (χ0v) is 11.9. The van der Waals surface area contributed by atoms with E-state index in [1.165, 1.54) is 17.7 Å². The summed E-state index contributed by atoms with van der Waals surface area (Å²) in [4.78, 5) is 0. The monoisotopic (exact) mass is 257 g/mol. The predicted octanol–water partition coefficient (Wildman–Crippen LogP) is 4.67. The summed E-state index contributed by atoms with van der Waals surface area (Å²) in [5, 5.41) is 3.62. The van der Waals surface area contributed by atoms with Crippen LogP contribution in [-0.2, 0) is 12.8 Å². The van der Waals surface area contributed by atoms with Crippen molar-refractivity contribution in [3.8, 4) is 0 Å². The first kappa shape index (κ1) is 13.7. The topological polar surface area (TPSA) is 25.2 Å². The van der Waals surface area contributed by atoms with Crippen LogP contribution in [0, 0.1) is 0 Å². The Morgan fingerprint density at radius 2 is 1.95 bits per heavy atom. The quantitative estimate of drug-likeness (QED) is 0.780. The molecule has 2 heteroatoms. The van der Waals surface area contributed by atoms with Crippen LogP contribution in [-0.4, -0.2) is 6.04 Å². The van der Waals surface area contributed by atoms with Crippen molar-refractivity contribution >= 4 is 5.69 Å². The average molecular weight is 257 g/mol. The molecular formula is C17H23NO. The van der Waals surface area contributed by atoms with Gasteiger partial charge in [0.05, 0.1) is 6.26 Å². The van der Waals surface area contributed by atoms with E-state index in [1.807, 2.05) is 12.1 Å². The normalized spacial score (nSPS) is 12.3. The summed E-state index contributed by atoms with van der Waals surface area (Å²) in [6.07, 6.45) is 6.11. The molecule has 19 heavy (non-hydrogen) atoms. The molecule has 2 aromatic rings. The van der Waals surface area contributed by atoms with Crippen LogP contribution in [0.1, 0.15) is 38.0 Å². The van der Waals surface area contributed by atoms with Crippen molar-refractivity contribution in [2.75, 3.05) is 5.32 Å². The minimum atomic E-state index is 0.447. The molecule has 2 nitrogen and oxygen atoms in total. The molecule has 0 saturated heterocycles. The lowest BCUT2D eigenvalue weighted by atomic mass is 10.1. The summed E-state index contributed by atoms with van der Waals surface area (Å²) >= 11 is 0. The first-order valence-corrected chi connectivity index (χ1v) is 7.16. The van der Waals surface area contributed by atoms with Crippen molar-refractivity contribution in [2.24, 2.45) is 0 Å². The number of furan rings is 1. The van der Waals surface area contributed by atoms with Crippen molar-refractivity contribution in [3.05, 3.63) is 54.0 Å². The molecule has 0 aliphatic heterocycles. The van der Waals surface area contributed by atoms with Gasteiger partial charge in [-0.1, -0.05) is 31.5 Å². The van der Waals surface area contributed by atoms with E-state index in [4.69, 9.17) is 4.42 Å². The number of aryl methyl sites for hydroxylation is 2. The highest BCUT2D eigenvalue weighted by Gasteiger charge is 2.06. The maximum absolute atomic E-state index is 5.37.